The molecule has 6 N–H and O–H groups in total. The van der Waals surface area contributed by atoms with Crippen molar-refractivity contribution in [2.75, 3.05) is 31.6 Å². The first-order valence-electron chi connectivity index (χ1n) is 17.1. The third kappa shape index (κ3) is 12.5. The Morgan fingerprint density at radius 2 is 1.46 bits per heavy atom. The molecule has 5 atom stereocenters. The lowest BCUT2D eigenvalue weighted by atomic mass is 9.99. The highest BCUT2D eigenvalue weighted by molar-refractivity contribution is 6.34. The summed E-state index contributed by atoms with van der Waals surface area (Å²) in [4.78, 5) is 79.3. The van der Waals surface area contributed by atoms with E-state index in [1.807, 2.05) is 13.8 Å². The Morgan fingerprint density at radius 1 is 0.846 bits per heavy atom. The minimum Gasteiger partial charge on any atom is -0.391 e. The predicted molar refractivity (Wildman–Crippen MR) is 193 cm³/mol. The number of aliphatic hydroxyl groups excluding tert-OH is 1. The van der Waals surface area contributed by atoms with E-state index in [0.29, 0.717) is 31.9 Å². The van der Waals surface area contributed by atoms with Crippen LogP contribution in [0.5, 0.6) is 0 Å². The lowest BCUT2D eigenvalue weighted by Gasteiger charge is -2.31. The van der Waals surface area contributed by atoms with Gasteiger partial charge in [-0.15, -0.1) is 0 Å². The Balaban J connectivity index is 1.78. The van der Waals surface area contributed by atoms with Crippen LogP contribution in [0.4, 0.5) is 16.2 Å². The van der Waals surface area contributed by atoms with Gasteiger partial charge < -0.3 is 41.3 Å². The van der Waals surface area contributed by atoms with Crippen LogP contribution in [0.1, 0.15) is 46.6 Å². The number of amides is 6. The van der Waals surface area contributed by atoms with Gasteiger partial charge in [0.2, 0.25) is 23.6 Å². The van der Waals surface area contributed by atoms with Crippen molar-refractivity contribution >= 4 is 52.6 Å². The monoisotopic (exact) mass is 745 g/mol. The van der Waals surface area contributed by atoms with Gasteiger partial charge in [0.25, 0.3) is 5.69 Å². The molecule has 17 heteroatoms. The van der Waals surface area contributed by atoms with Crippen LogP contribution in [0.2, 0.25) is 5.02 Å². The molecule has 284 valence electrons. The van der Waals surface area contributed by atoms with Gasteiger partial charge in [-0.1, -0.05) is 69.6 Å². The number of hydrogen-bond donors (Lipinski definition) is 6. The summed E-state index contributed by atoms with van der Waals surface area (Å²) in [6.07, 6.45) is -1.26. The maximum Gasteiger partial charge on any atom is 0.318 e. The van der Waals surface area contributed by atoms with E-state index in [0.717, 1.165) is 6.07 Å². The molecule has 16 nitrogen and oxygen atoms in total. The number of carbonyl (C=O) groups is 5. The molecule has 1 fully saturated rings. The second-order valence-corrected chi connectivity index (χ2v) is 13.8. The van der Waals surface area contributed by atoms with Crippen molar-refractivity contribution in [3.05, 3.63) is 69.2 Å². The molecule has 1 aliphatic heterocycles. The highest BCUT2D eigenvalue weighted by Gasteiger charge is 2.35. The van der Waals surface area contributed by atoms with E-state index in [9.17, 15) is 39.2 Å². The summed E-state index contributed by atoms with van der Waals surface area (Å²) in [7, 11) is 0. The van der Waals surface area contributed by atoms with Crippen LogP contribution < -0.4 is 26.6 Å². The Labute approximate surface area is 307 Å². The van der Waals surface area contributed by atoms with Crippen LogP contribution >= 0.6 is 11.6 Å². The molecular formula is C35H48ClN7O9. The first-order valence-corrected chi connectivity index (χ1v) is 17.5. The van der Waals surface area contributed by atoms with Crippen LogP contribution in [0.15, 0.2) is 48.5 Å². The van der Waals surface area contributed by atoms with Crippen molar-refractivity contribution in [3.8, 4) is 0 Å². The SMILES string of the molecule is CC(C)C[C@H](NC(=O)[C@@H](NC(=O)N1CCOCC1)C(C)C)C(=O)N[C@H](C(=O)N[C@@H](Cc1ccccc1)C(=O)Nc1ccc([N+](=O)[O-])cc1Cl)[C@@H](C)O. The van der Waals surface area contributed by atoms with Crippen molar-refractivity contribution in [3.63, 3.8) is 0 Å². The number of nitro groups is 1. The van der Waals surface area contributed by atoms with E-state index in [1.165, 1.54) is 19.1 Å². The minimum atomic E-state index is -1.55. The summed E-state index contributed by atoms with van der Waals surface area (Å²) >= 11 is 6.19. The summed E-state index contributed by atoms with van der Waals surface area (Å²) in [5, 5.41) is 34.9. The molecule has 2 aromatic carbocycles. The number of nitro benzene ring substituents is 1. The molecule has 0 aromatic heterocycles. The average Bonchev–Trinajstić information content (AvgIpc) is 3.09. The van der Waals surface area contributed by atoms with Gasteiger partial charge in [0, 0.05) is 31.6 Å². The average molecular weight is 746 g/mol. The fraction of sp³-hybridized carbons (Fsp3) is 0.514. The van der Waals surface area contributed by atoms with Gasteiger partial charge >= 0.3 is 6.03 Å². The number of aliphatic hydroxyl groups is 1. The van der Waals surface area contributed by atoms with E-state index in [1.54, 1.807) is 49.1 Å². The maximum absolute atomic E-state index is 13.7. The Hall–Kier alpha value is -4.80. The molecule has 0 radical (unpaired) electrons. The molecule has 6 amide bonds. The molecule has 2 aromatic rings. The highest BCUT2D eigenvalue weighted by Crippen LogP contribution is 2.27. The van der Waals surface area contributed by atoms with Gasteiger partial charge in [-0.25, -0.2) is 4.79 Å². The first-order chi connectivity index (χ1) is 24.6. The predicted octanol–water partition coefficient (Wildman–Crippen LogP) is 2.38. The number of urea groups is 1. The molecule has 3 rings (SSSR count). The number of anilines is 1. The summed E-state index contributed by atoms with van der Waals surface area (Å²) in [6, 6.07) is 6.93. The molecule has 0 unspecified atom stereocenters. The molecule has 0 spiro atoms. The molecule has 1 heterocycles. The van der Waals surface area contributed by atoms with E-state index in [-0.39, 0.29) is 41.1 Å². The van der Waals surface area contributed by atoms with Gasteiger partial charge in [-0.05, 0) is 36.8 Å². The zero-order valence-electron chi connectivity index (χ0n) is 29.9. The highest BCUT2D eigenvalue weighted by atomic mass is 35.5. The van der Waals surface area contributed by atoms with Crippen LogP contribution in [0.25, 0.3) is 0 Å². The van der Waals surface area contributed by atoms with Gasteiger partial charge in [0.1, 0.15) is 24.2 Å². The van der Waals surface area contributed by atoms with Gasteiger partial charge in [-0.2, -0.15) is 0 Å². The molecular weight excluding hydrogens is 698 g/mol. The van der Waals surface area contributed by atoms with Crippen molar-refractivity contribution in [2.24, 2.45) is 11.8 Å². The summed E-state index contributed by atoms with van der Waals surface area (Å²) in [6.45, 7) is 10.00. The molecule has 0 aliphatic carbocycles. The number of nitrogens with one attached hydrogen (secondary N) is 5. The third-order valence-corrected chi connectivity index (χ3v) is 8.58. The van der Waals surface area contributed by atoms with Crippen molar-refractivity contribution in [1.29, 1.82) is 0 Å². The standard InChI is InChI=1S/C35H48ClN7O9/c1-20(2)17-27(38-33(47)29(21(3)4)41-35(49)42-13-15-52-16-14-42)32(46)40-30(22(5)44)34(48)39-28(18-23-9-7-6-8-10-23)31(45)37-26-12-11-24(43(50)51)19-25(26)36/h6-12,19-22,27-30,44H,13-18H2,1-5H3,(H,37,45)(H,38,47)(H,39,48)(H,40,46)(H,41,49)/t22-,27+,28+,29+,30+/m1/s1. The van der Waals surface area contributed by atoms with Gasteiger partial charge in [-0.3, -0.25) is 29.3 Å². The Morgan fingerprint density at radius 3 is 2.02 bits per heavy atom. The summed E-state index contributed by atoms with van der Waals surface area (Å²) in [5.41, 5.74) is 0.464. The maximum atomic E-state index is 13.7. The van der Waals surface area contributed by atoms with E-state index in [2.05, 4.69) is 26.6 Å². The number of ether oxygens (including phenoxy) is 1. The number of halogens is 1. The van der Waals surface area contributed by atoms with E-state index < -0.39 is 64.9 Å². The normalized spacial score (nSPS) is 15.8. The molecule has 52 heavy (non-hydrogen) atoms. The largest absolute Gasteiger partial charge is 0.391 e. The minimum absolute atomic E-state index is 0.00227. The Kier molecular flexibility index (Phi) is 15.8. The zero-order valence-corrected chi connectivity index (χ0v) is 30.6. The van der Waals surface area contributed by atoms with Crippen molar-refractivity contribution < 1.29 is 38.7 Å². The molecule has 0 bridgehead atoms. The number of non-ortho nitro benzene ring substituents is 1. The number of benzene rings is 2. The summed E-state index contributed by atoms with van der Waals surface area (Å²) in [5.74, 6) is -3.38. The van der Waals surface area contributed by atoms with Gasteiger partial charge in [0.05, 0.1) is 35.0 Å². The smallest absolute Gasteiger partial charge is 0.318 e. The van der Waals surface area contributed by atoms with E-state index >= 15 is 0 Å². The zero-order chi connectivity index (χ0) is 38.5. The van der Waals surface area contributed by atoms with Crippen LogP contribution in [0, 0.1) is 22.0 Å². The van der Waals surface area contributed by atoms with Crippen LogP contribution in [0.3, 0.4) is 0 Å². The number of rotatable bonds is 16. The lowest BCUT2D eigenvalue weighted by molar-refractivity contribution is -0.384. The second-order valence-electron chi connectivity index (χ2n) is 13.3. The fourth-order valence-corrected chi connectivity index (χ4v) is 5.63. The lowest BCUT2D eigenvalue weighted by Crippen LogP contribution is -2.61. The first kappa shape index (κ1) is 41.6. The summed E-state index contributed by atoms with van der Waals surface area (Å²) < 4.78 is 5.29. The number of nitrogens with zero attached hydrogens (tertiary/aromatic N) is 2. The number of carbonyl (C=O) groups excluding carboxylic acids is 5. The fourth-order valence-electron chi connectivity index (χ4n) is 5.41. The third-order valence-electron chi connectivity index (χ3n) is 8.27. The van der Waals surface area contributed by atoms with Crippen LogP contribution in [-0.2, 0) is 30.3 Å². The topological polar surface area (TPSA) is 221 Å². The van der Waals surface area contributed by atoms with Crippen molar-refractivity contribution in [1.82, 2.24) is 26.2 Å². The van der Waals surface area contributed by atoms with Gasteiger partial charge in [0.15, 0.2) is 0 Å². The number of hydrogen-bond acceptors (Lipinski definition) is 9. The quantitative estimate of drug-likeness (QED) is 0.110. The van der Waals surface area contributed by atoms with Crippen molar-refractivity contribution in [2.45, 2.75) is 77.7 Å². The Bertz CT molecular complexity index is 1570. The molecule has 0 saturated carbocycles. The van der Waals surface area contributed by atoms with E-state index in [4.69, 9.17) is 16.3 Å². The second kappa shape index (κ2) is 19.7. The van der Waals surface area contributed by atoms with Crippen LogP contribution in [-0.4, -0.2) is 101 Å². The molecule has 1 saturated heterocycles. The molecule has 1 aliphatic rings. The number of morpholine rings is 1.